The maximum absolute atomic E-state index is 12.8. The molecule has 6 heteroatoms. The number of rotatable bonds is 1. The minimum absolute atomic E-state index is 0.124. The third kappa shape index (κ3) is 2.77. The maximum Gasteiger partial charge on any atom is 0.203 e. The summed E-state index contributed by atoms with van der Waals surface area (Å²) in [5.41, 5.74) is 3.12. The molecule has 1 saturated heterocycles. The molecule has 1 fully saturated rings. The summed E-state index contributed by atoms with van der Waals surface area (Å²) >= 11 is 6.12. The number of Topliss-reactive ketones (excluding diaryl/α,β-unsaturated/α-hetero) is 1. The van der Waals surface area contributed by atoms with Gasteiger partial charge in [0.05, 0.1) is 23.0 Å². The summed E-state index contributed by atoms with van der Waals surface area (Å²) in [7, 11) is 0. The van der Waals surface area contributed by atoms with Gasteiger partial charge in [-0.25, -0.2) is 4.98 Å². The molecule has 3 aromatic rings. The van der Waals surface area contributed by atoms with Crippen molar-refractivity contribution in [3.05, 3.63) is 52.5 Å². The molecule has 3 heterocycles. The summed E-state index contributed by atoms with van der Waals surface area (Å²) in [4.78, 5) is 23.1. The van der Waals surface area contributed by atoms with Crippen molar-refractivity contribution in [3.63, 3.8) is 0 Å². The molecular weight excluding hydrogens is 362 g/mol. The summed E-state index contributed by atoms with van der Waals surface area (Å²) in [6.07, 6.45) is 1.99. The van der Waals surface area contributed by atoms with Crippen LogP contribution in [0.4, 0.5) is 5.95 Å². The highest BCUT2D eigenvalue weighted by Gasteiger charge is 2.43. The number of hydrogen-bond donors (Lipinski definition) is 1. The molecule has 0 bridgehead atoms. The fraction of sp³-hybridized carbons (Fsp3) is 0.333. The molecular formula is C21H20ClN3O2. The number of anilines is 1. The first kappa shape index (κ1) is 16.6. The zero-order valence-corrected chi connectivity index (χ0v) is 15.8. The first-order chi connectivity index (χ1) is 13.0. The molecule has 2 aliphatic heterocycles. The highest BCUT2D eigenvalue weighted by Crippen LogP contribution is 2.42. The van der Waals surface area contributed by atoms with Crippen LogP contribution in [0.2, 0.25) is 5.02 Å². The number of fused-ring (bicyclic) bond motifs is 2. The van der Waals surface area contributed by atoms with E-state index in [0.29, 0.717) is 22.8 Å². The monoisotopic (exact) mass is 381 g/mol. The molecule has 2 aliphatic rings. The van der Waals surface area contributed by atoms with Crippen molar-refractivity contribution < 1.29 is 9.53 Å². The Bertz CT molecular complexity index is 1020. The number of carbonyl (C=O) groups is 1. The molecule has 1 aromatic heterocycles. The number of ketones is 1. The topological polar surface area (TPSA) is 58.2 Å². The Morgan fingerprint density at radius 1 is 1.22 bits per heavy atom. The average molecular weight is 382 g/mol. The van der Waals surface area contributed by atoms with E-state index < -0.39 is 5.60 Å². The Hall–Kier alpha value is -2.53. The predicted octanol–water partition coefficient (Wildman–Crippen LogP) is 4.53. The number of nitrogens with zero attached hydrogens (tertiary/aromatic N) is 2. The van der Waals surface area contributed by atoms with Crippen molar-refractivity contribution in [2.45, 2.75) is 31.8 Å². The van der Waals surface area contributed by atoms with Gasteiger partial charge in [0.1, 0.15) is 11.4 Å². The Kier molecular flexibility index (Phi) is 3.69. The maximum atomic E-state index is 12.8. The fourth-order valence-electron chi connectivity index (χ4n) is 4.21. The van der Waals surface area contributed by atoms with Gasteiger partial charge in [-0.15, -0.1) is 0 Å². The highest BCUT2D eigenvalue weighted by molar-refractivity contribution is 6.31. The van der Waals surface area contributed by atoms with Crippen LogP contribution in [0.1, 0.15) is 35.2 Å². The van der Waals surface area contributed by atoms with E-state index in [1.807, 2.05) is 37.3 Å². The van der Waals surface area contributed by atoms with Crippen molar-refractivity contribution in [3.8, 4) is 5.75 Å². The van der Waals surface area contributed by atoms with E-state index in [4.69, 9.17) is 21.3 Å². The van der Waals surface area contributed by atoms with Gasteiger partial charge in [0.15, 0.2) is 5.78 Å². The normalized spacial score (nSPS) is 18.6. The van der Waals surface area contributed by atoms with Crippen LogP contribution in [-0.2, 0) is 0 Å². The molecule has 0 aliphatic carbocycles. The number of para-hydroxylation sites is 2. The summed E-state index contributed by atoms with van der Waals surface area (Å²) in [5.74, 6) is 1.71. The van der Waals surface area contributed by atoms with Gasteiger partial charge in [-0.3, -0.25) is 4.79 Å². The van der Waals surface area contributed by atoms with Crippen LogP contribution in [-0.4, -0.2) is 34.4 Å². The smallest absolute Gasteiger partial charge is 0.203 e. The van der Waals surface area contributed by atoms with Gasteiger partial charge >= 0.3 is 0 Å². The van der Waals surface area contributed by atoms with Crippen molar-refractivity contribution >= 4 is 34.4 Å². The highest BCUT2D eigenvalue weighted by atomic mass is 35.5. The van der Waals surface area contributed by atoms with Gasteiger partial charge in [0.25, 0.3) is 0 Å². The van der Waals surface area contributed by atoms with Crippen molar-refractivity contribution in [2.24, 2.45) is 0 Å². The molecule has 5 nitrogen and oxygen atoms in total. The molecule has 0 radical (unpaired) electrons. The molecule has 2 aromatic carbocycles. The Balaban J connectivity index is 1.39. The number of aromatic amines is 1. The Morgan fingerprint density at radius 3 is 2.78 bits per heavy atom. The standard InChI is InChI=1S/C21H20ClN3O2/c1-13-10-14(22)11-15-18(26)12-21(27-19(13)15)6-8-25(9-7-21)20-23-16-4-2-3-5-17(16)24-20/h2-5,10-11H,6-9,12H2,1H3,(H,23,24). The van der Waals surface area contributed by atoms with Gasteiger partial charge in [0, 0.05) is 31.0 Å². The van der Waals surface area contributed by atoms with Crippen LogP contribution in [0.3, 0.4) is 0 Å². The third-order valence-corrected chi connectivity index (χ3v) is 5.91. The van der Waals surface area contributed by atoms with E-state index in [0.717, 1.165) is 48.5 Å². The second-order valence-electron chi connectivity index (χ2n) is 7.55. The summed E-state index contributed by atoms with van der Waals surface area (Å²) in [6.45, 7) is 3.55. The Labute approximate surface area is 162 Å². The summed E-state index contributed by atoms with van der Waals surface area (Å²) in [6, 6.07) is 11.6. The number of hydrogen-bond acceptors (Lipinski definition) is 4. The summed E-state index contributed by atoms with van der Waals surface area (Å²) < 4.78 is 6.42. The van der Waals surface area contributed by atoms with E-state index in [-0.39, 0.29) is 5.78 Å². The quantitative estimate of drug-likeness (QED) is 0.672. The lowest BCUT2D eigenvalue weighted by Gasteiger charge is -2.44. The fourth-order valence-corrected chi connectivity index (χ4v) is 4.48. The molecule has 0 amide bonds. The van der Waals surface area contributed by atoms with Gasteiger partial charge in [-0.2, -0.15) is 0 Å². The number of benzene rings is 2. The van der Waals surface area contributed by atoms with Crippen LogP contribution in [0, 0.1) is 6.92 Å². The van der Waals surface area contributed by atoms with Gasteiger partial charge in [-0.1, -0.05) is 23.7 Å². The first-order valence-electron chi connectivity index (χ1n) is 9.25. The molecule has 0 saturated carbocycles. The third-order valence-electron chi connectivity index (χ3n) is 5.69. The number of aromatic nitrogens is 2. The van der Waals surface area contributed by atoms with E-state index in [1.165, 1.54) is 0 Å². The zero-order valence-electron chi connectivity index (χ0n) is 15.1. The molecule has 27 heavy (non-hydrogen) atoms. The van der Waals surface area contributed by atoms with E-state index >= 15 is 0 Å². The largest absolute Gasteiger partial charge is 0.486 e. The first-order valence-corrected chi connectivity index (χ1v) is 9.63. The number of H-pyrrole nitrogens is 1. The number of nitrogens with one attached hydrogen (secondary N) is 1. The number of carbonyl (C=O) groups excluding carboxylic acids is 1. The molecule has 0 atom stereocenters. The van der Waals surface area contributed by atoms with E-state index in [2.05, 4.69) is 9.88 Å². The second kappa shape index (κ2) is 5.99. The van der Waals surface area contributed by atoms with Crippen molar-refractivity contribution in [1.82, 2.24) is 9.97 Å². The SMILES string of the molecule is Cc1cc(Cl)cc2c1OC1(CCN(c3nc4ccccc4[nH]3)CC1)CC2=O. The van der Waals surface area contributed by atoms with Crippen LogP contribution < -0.4 is 9.64 Å². The Morgan fingerprint density at radius 2 is 2.00 bits per heavy atom. The van der Waals surface area contributed by atoms with E-state index in [1.54, 1.807) is 6.07 Å². The van der Waals surface area contributed by atoms with E-state index in [9.17, 15) is 4.79 Å². The van der Waals surface area contributed by atoms with Gasteiger partial charge in [0.2, 0.25) is 5.95 Å². The summed E-state index contributed by atoms with van der Waals surface area (Å²) in [5, 5.41) is 0.582. The van der Waals surface area contributed by atoms with Crippen LogP contribution in [0.25, 0.3) is 11.0 Å². The molecule has 5 rings (SSSR count). The number of piperidine rings is 1. The zero-order chi connectivity index (χ0) is 18.6. The van der Waals surface area contributed by atoms with Crippen molar-refractivity contribution in [2.75, 3.05) is 18.0 Å². The number of ether oxygens (including phenoxy) is 1. The lowest BCUT2D eigenvalue weighted by molar-refractivity contribution is 0.0224. The van der Waals surface area contributed by atoms with Crippen LogP contribution >= 0.6 is 11.6 Å². The van der Waals surface area contributed by atoms with Crippen molar-refractivity contribution in [1.29, 1.82) is 0 Å². The van der Waals surface area contributed by atoms with Crippen LogP contribution in [0.15, 0.2) is 36.4 Å². The lowest BCUT2D eigenvalue weighted by atomic mass is 9.82. The number of halogens is 1. The molecule has 0 unspecified atom stereocenters. The average Bonchev–Trinajstić information content (AvgIpc) is 3.08. The molecule has 1 N–H and O–H groups in total. The van der Waals surface area contributed by atoms with Gasteiger partial charge < -0.3 is 14.6 Å². The molecule has 138 valence electrons. The predicted molar refractivity (Wildman–Crippen MR) is 106 cm³/mol. The minimum atomic E-state index is -0.425. The van der Waals surface area contributed by atoms with Crippen LogP contribution in [0.5, 0.6) is 5.75 Å². The number of aryl methyl sites for hydroxylation is 1. The minimum Gasteiger partial charge on any atom is -0.486 e. The van der Waals surface area contributed by atoms with Gasteiger partial charge in [-0.05, 0) is 36.8 Å². The lowest BCUT2D eigenvalue weighted by Crippen LogP contribution is -2.51. The number of imidazole rings is 1. The second-order valence-corrected chi connectivity index (χ2v) is 7.99. The molecule has 1 spiro atoms.